The topological polar surface area (TPSA) is 80.4 Å². The Labute approximate surface area is 118 Å². The van der Waals surface area contributed by atoms with Crippen molar-refractivity contribution in [3.8, 4) is 0 Å². The van der Waals surface area contributed by atoms with Crippen LogP contribution in [0, 0.1) is 0 Å². The third-order valence-electron chi connectivity index (χ3n) is 3.37. The summed E-state index contributed by atoms with van der Waals surface area (Å²) in [6.45, 7) is 2.71. The summed E-state index contributed by atoms with van der Waals surface area (Å²) >= 11 is 0. The Bertz CT molecular complexity index is 584. The highest BCUT2D eigenvalue weighted by Crippen LogP contribution is 2.28. The molecule has 5 heteroatoms. The number of hydrogen-bond donors (Lipinski definition) is 3. The Hall–Kier alpha value is -1.85. The highest BCUT2D eigenvalue weighted by molar-refractivity contribution is 5.98. The minimum atomic E-state index is -0.838. The van der Waals surface area contributed by atoms with Gasteiger partial charge in [-0.05, 0) is 19.1 Å². The number of ether oxygens (including phenoxy) is 1. The van der Waals surface area contributed by atoms with Gasteiger partial charge in [0.2, 0.25) is 0 Å². The van der Waals surface area contributed by atoms with Crippen molar-refractivity contribution in [2.45, 2.75) is 18.9 Å². The highest BCUT2D eigenvalue weighted by atomic mass is 16.5. The number of fused-ring (bicyclic) bond motifs is 1. The van der Waals surface area contributed by atoms with Crippen LogP contribution in [-0.2, 0) is 4.74 Å². The van der Waals surface area contributed by atoms with E-state index >= 15 is 0 Å². The highest BCUT2D eigenvalue weighted by Gasteiger charge is 2.20. The summed E-state index contributed by atoms with van der Waals surface area (Å²) in [5.74, 6) is 0. The number of pyridine rings is 1. The first-order valence-corrected chi connectivity index (χ1v) is 6.61. The molecule has 0 bridgehead atoms. The number of methoxy groups -OCH3 is 1. The Morgan fingerprint density at radius 3 is 2.95 bits per heavy atom. The number of hydrogen-bond acceptors (Lipinski definition) is 5. The molecule has 0 radical (unpaired) electrons. The Morgan fingerprint density at radius 2 is 2.20 bits per heavy atom. The number of nitrogens with zero attached hydrogens (tertiary/aromatic N) is 1. The molecule has 4 N–H and O–H groups in total. The lowest BCUT2D eigenvalue weighted by Gasteiger charge is -2.24. The minimum absolute atomic E-state index is 0.414. The van der Waals surface area contributed by atoms with Crippen molar-refractivity contribution < 1.29 is 9.84 Å². The van der Waals surface area contributed by atoms with Gasteiger partial charge in [0.1, 0.15) is 0 Å². The lowest BCUT2D eigenvalue weighted by atomic mass is 10.0. The molecule has 1 unspecified atom stereocenters. The molecule has 1 aromatic heterocycles. The van der Waals surface area contributed by atoms with E-state index in [1.165, 1.54) is 0 Å². The van der Waals surface area contributed by atoms with Gasteiger partial charge in [0.25, 0.3) is 0 Å². The molecule has 2 rings (SSSR count). The van der Waals surface area contributed by atoms with Crippen molar-refractivity contribution in [1.29, 1.82) is 0 Å². The monoisotopic (exact) mass is 275 g/mol. The van der Waals surface area contributed by atoms with Crippen LogP contribution in [0.1, 0.15) is 13.3 Å². The van der Waals surface area contributed by atoms with Crippen LogP contribution in [0.4, 0.5) is 11.4 Å². The van der Waals surface area contributed by atoms with Crippen molar-refractivity contribution >= 4 is 22.1 Å². The fourth-order valence-electron chi connectivity index (χ4n) is 2.04. The second-order valence-electron chi connectivity index (χ2n) is 5.22. The predicted octanol–water partition coefficient (Wildman–Crippen LogP) is 2.02. The number of aliphatic hydroxyl groups is 1. The number of nitrogens with two attached hydrogens (primary N) is 1. The van der Waals surface area contributed by atoms with Crippen molar-refractivity contribution in [3.05, 3.63) is 30.6 Å². The normalized spacial score (nSPS) is 14.2. The van der Waals surface area contributed by atoms with Crippen molar-refractivity contribution in [2.75, 3.05) is 31.3 Å². The van der Waals surface area contributed by atoms with E-state index in [2.05, 4.69) is 10.3 Å². The summed E-state index contributed by atoms with van der Waals surface area (Å²) in [4.78, 5) is 4.07. The lowest BCUT2D eigenvalue weighted by molar-refractivity contribution is 0.0358. The van der Waals surface area contributed by atoms with Gasteiger partial charge in [0.05, 0.1) is 17.0 Å². The summed E-state index contributed by atoms with van der Waals surface area (Å²) < 4.78 is 4.99. The number of rotatable bonds is 6. The van der Waals surface area contributed by atoms with E-state index in [0.717, 1.165) is 16.5 Å². The zero-order valence-corrected chi connectivity index (χ0v) is 11.9. The standard InChI is InChI=1S/C15H21N3O2/c1-15(19,6-8-20-2)10-18-13-4-3-11-9-17-7-5-12(11)14(13)16/h3-5,7,9,18-19H,6,8,10,16H2,1-2H3. The molecule has 0 aliphatic carbocycles. The molecule has 2 aromatic rings. The number of anilines is 2. The molecule has 1 heterocycles. The molecule has 0 aliphatic rings. The number of aromatic nitrogens is 1. The van der Waals surface area contributed by atoms with Crippen LogP contribution in [0.15, 0.2) is 30.6 Å². The minimum Gasteiger partial charge on any atom is -0.397 e. The fraction of sp³-hybridized carbons (Fsp3) is 0.400. The van der Waals surface area contributed by atoms with E-state index in [-0.39, 0.29) is 0 Å². The molecule has 108 valence electrons. The van der Waals surface area contributed by atoms with Crippen LogP contribution < -0.4 is 11.1 Å². The Balaban J connectivity index is 2.12. The van der Waals surface area contributed by atoms with Gasteiger partial charge in [-0.1, -0.05) is 6.07 Å². The molecule has 0 amide bonds. The Morgan fingerprint density at radius 1 is 1.40 bits per heavy atom. The molecule has 20 heavy (non-hydrogen) atoms. The molecular formula is C15H21N3O2. The first kappa shape index (κ1) is 14.6. The van der Waals surface area contributed by atoms with Crippen molar-refractivity contribution in [3.63, 3.8) is 0 Å². The van der Waals surface area contributed by atoms with Crippen LogP contribution >= 0.6 is 0 Å². The summed E-state index contributed by atoms with van der Waals surface area (Å²) in [7, 11) is 1.62. The maximum Gasteiger partial charge on any atom is 0.0813 e. The van der Waals surface area contributed by atoms with Crippen molar-refractivity contribution in [1.82, 2.24) is 4.98 Å². The molecular weight excluding hydrogens is 254 g/mol. The number of nitrogens with one attached hydrogen (secondary N) is 1. The zero-order chi connectivity index (χ0) is 14.6. The van der Waals surface area contributed by atoms with E-state index in [1.807, 2.05) is 18.2 Å². The van der Waals surface area contributed by atoms with Gasteiger partial charge >= 0.3 is 0 Å². The van der Waals surface area contributed by atoms with E-state index in [4.69, 9.17) is 10.5 Å². The molecule has 0 aliphatic heterocycles. The van der Waals surface area contributed by atoms with Gasteiger partial charge in [0.15, 0.2) is 0 Å². The van der Waals surface area contributed by atoms with Crippen molar-refractivity contribution in [2.24, 2.45) is 0 Å². The Kier molecular flexibility index (Phi) is 4.42. The molecule has 1 aromatic carbocycles. The second-order valence-corrected chi connectivity index (χ2v) is 5.22. The van der Waals surface area contributed by atoms with Gasteiger partial charge in [-0.15, -0.1) is 0 Å². The summed E-state index contributed by atoms with van der Waals surface area (Å²) in [6, 6.07) is 5.76. The summed E-state index contributed by atoms with van der Waals surface area (Å²) in [5, 5.41) is 15.4. The second kappa shape index (κ2) is 6.07. The van der Waals surface area contributed by atoms with Gasteiger partial charge in [-0.25, -0.2) is 0 Å². The fourth-order valence-corrected chi connectivity index (χ4v) is 2.04. The van der Waals surface area contributed by atoms with Gasteiger partial charge in [-0.2, -0.15) is 0 Å². The quantitative estimate of drug-likeness (QED) is 0.703. The SMILES string of the molecule is COCCC(C)(O)CNc1ccc2cnccc2c1N. The maximum atomic E-state index is 10.2. The lowest BCUT2D eigenvalue weighted by Crippen LogP contribution is -2.34. The summed E-state index contributed by atoms with van der Waals surface area (Å²) in [6.07, 6.45) is 4.06. The van der Waals surface area contributed by atoms with Crippen LogP contribution in [0.25, 0.3) is 10.8 Å². The maximum absolute atomic E-state index is 10.2. The molecule has 0 saturated carbocycles. The third-order valence-corrected chi connectivity index (χ3v) is 3.37. The molecule has 0 spiro atoms. The third kappa shape index (κ3) is 3.37. The number of benzene rings is 1. The van der Waals surface area contributed by atoms with E-state index in [9.17, 15) is 5.11 Å². The summed E-state index contributed by atoms with van der Waals surface area (Å²) in [5.41, 5.74) is 6.81. The largest absolute Gasteiger partial charge is 0.397 e. The van der Waals surface area contributed by atoms with Gasteiger partial charge in [0, 0.05) is 49.8 Å². The van der Waals surface area contributed by atoms with E-state index in [1.54, 1.807) is 26.4 Å². The van der Waals surface area contributed by atoms with Crippen LogP contribution in [0.3, 0.4) is 0 Å². The number of nitrogen functional groups attached to an aromatic ring is 1. The van der Waals surface area contributed by atoms with Crippen LogP contribution in [0.5, 0.6) is 0 Å². The average molecular weight is 275 g/mol. The first-order valence-electron chi connectivity index (χ1n) is 6.61. The molecule has 5 nitrogen and oxygen atoms in total. The van der Waals surface area contributed by atoms with Gasteiger partial charge < -0.3 is 20.9 Å². The zero-order valence-electron chi connectivity index (χ0n) is 11.9. The molecule has 1 atom stereocenters. The van der Waals surface area contributed by atoms with E-state index in [0.29, 0.717) is 25.3 Å². The smallest absolute Gasteiger partial charge is 0.0813 e. The first-order chi connectivity index (χ1) is 9.53. The van der Waals surface area contributed by atoms with Gasteiger partial charge in [-0.3, -0.25) is 4.98 Å². The van der Waals surface area contributed by atoms with Crippen LogP contribution in [-0.4, -0.2) is 36.0 Å². The molecule has 0 saturated heterocycles. The van der Waals surface area contributed by atoms with E-state index < -0.39 is 5.60 Å². The van der Waals surface area contributed by atoms with Crippen LogP contribution in [0.2, 0.25) is 0 Å². The molecule has 0 fully saturated rings. The predicted molar refractivity (Wildman–Crippen MR) is 81.8 cm³/mol. The average Bonchev–Trinajstić information content (AvgIpc) is 2.45.